The van der Waals surface area contributed by atoms with Crippen LogP contribution in [0, 0.1) is 5.92 Å². The highest BCUT2D eigenvalue weighted by Crippen LogP contribution is 2.36. The Kier molecular flexibility index (Phi) is 10.6. The number of guanidine groups is 1. The number of rotatable bonds is 11. The third-order valence-electron chi connectivity index (χ3n) is 6.70. The van der Waals surface area contributed by atoms with Gasteiger partial charge in [-0.3, -0.25) is 19.5 Å². The van der Waals surface area contributed by atoms with Crippen LogP contribution in [0.5, 0.6) is 5.75 Å². The van der Waals surface area contributed by atoms with Crippen LogP contribution in [-0.4, -0.2) is 59.6 Å². The van der Waals surface area contributed by atoms with Crippen LogP contribution >= 0.6 is 0 Å². The van der Waals surface area contributed by atoms with Crippen LogP contribution in [0.3, 0.4) is 0 Å². The predicted octanol–water partition coefficient (Wildman–Crippen LogP) is 2.56. The van der Waals surface area contributed by atoms with Gasteiger partial charge in [0.1, 0.15) is 17.8 Å². The average Bonchev–Trinajstić information content (AvgIpc) is 2.90. The van der Waals surface area contributed by atoms with Gasteiger partial charge >= 0.3 is 6.18 Å². The number of nitrogens with two attached hydrogens (primary N) is 2. The number of benzene rings is 2. The van der Waals surface area contributed by atoms with Crippen molar-refractivity contribution in [2.24, 2.45) is 22.4 Å². The number of hydrogen-bond donors (Lipinski definition) is 5. The van der Waals surface area contributed by atoms with Crippen LogP contribution in [-0.2, 0) is 16.1 Å². The van der Waals surface area contributed by atoms with Crippen LogP contribution in [0.15, 0.2) is 59.6 Å². The Morgan fingerprint density at radius 1 is 1.03 bits per heavy atom. The van der Waals surface area contributed by atoms with E-state index in [0.29, 0.717) is 12.0 Å². The molecule has 0 aromatic heterocycles. The quantitative estimate of drug-likeness (QED) is 0.166. The maximum absolute atomic E-state index is 13.6. The van der Waals surface area contributed by atoms with Gasteiger partial charge in [0.05, 0.1) is 5.92 Å². The lowest BCUT2D eigenvalue weighted by molar-refractivity contribution is -0.186. The van der Waals surface area contributed by atoms with Gasteiger partial charge in [-0.1, -0.05) is 42.5 Å². The number of hydrogen-bond acceptors (Lipinski definition) is 5. The zero-order chi connectivity index (χ0) is 28.4. The van der Waals surface area contributed by atoms with Gasteiger partial charge < -0.3 is 27.2 Å². The zero-order valence-electron chi connectivity index (χ0n) is 21.5. The fourth-order valence-corrected chi connectivity index (χ4v) is 4.60. The Bertz CT molecular complexity index is 1100. The molecule has 0 radical (unpaired) electrons. The van der Waals surface area contributed by atoms with Crippen molar-refractivity contribution in [3.05, 3.63) is 65.7 Å². The Morgan fingerprint density at radius 2 is 1.67 bits per heavy atom. The molecule has 39 heavy (non-hydrogen) atoms. The SMILES string of the molecule is NC(N)=NCCC[C@@H](NC(=O)C(c1ccccc1)N1CCC(C(F)(F)F)CC1)C(=O)NCc1ccc(O)cc1. The van der Waals surface area contributed by atoms with E-state index in [0.717, 1.165) is 5.56 Å². The second kappa shape index (κ2) is 13.8. The highest BCUT2D eigenvalue weighted by molar-refractivity contribution is 5.90. The lowest BCUT2D eigenvalue weighted by Gasteiger charge is -2.38. The number of halogens is 3. The lowest BCUT2D eigenvalue weighted by Crippen LogP contribution is -2.52. The summed E-state index contributed by atoms with van der Waals surface area (Å²) in [5.41, 5.74) is 12.1. The van der Waals surface area contributed by atoms with Crippen molar-refractivity contribution in [1.82, 2.24) is 15.5 Å². The molecule has 2 aromatic rings. The number of amides is 2. The summed E-state index contributed by atoms with van der Waals surface area (Å²) in [6.45, 7) is 0.623. The summed E-state index contributed by atoms with van der Waals surface area (Å²) in [4.78, 5) is 32.4. The van der Waals surface area contributed by atoms with Crippen molar-refractivity contribution in [3.8, 4) is 5.75 Å². The minimum Gasteiger partial charge on any atom is -0.508 e. The first-order valence-corrected chi connectivity index (χ1v) is 12.8. The van der Waals surface area contributed by atoms with Crippen molar-refractivity contribution in [2.45, 2.75) is 50.5 Å². The maximum atomic E-state index is 13.6. The van der Waals surface area contributed by atoms with Gasteiger partial charge in [0.25, 0.3) is 0 Å². The largest absolute Gasteiger partial charge is 0.508 e. The average molecular weight is 549 g/mol. The van der Waals surface area contributed by atoms with E-state index in [-0.39, 0.29) is 57.2 Å². The lowest BCUT2D eigenvalue weighted by atomic mass is 9.93. The van der Waals surface area contributed by atoms with E-state index in [2.05, 4.69) is 15.6 Å². The number of phenolic OH excluding ortho intramolecular Hbond substituents is 1. The minimum atomic E-state index is -4.27. The number of nitrogens with one attached hydrogen (secondary N) is 2. The van der Waals surface area contributed by atoms with Gasteiger partial charge in [0, 0.05) is 13.1 Å². The Hall–Kier alpha value is -3.80. The molecule has 1 aliphatic rings. The molecule has 7 N–H and O–H groups in total. The Balaban J connectivity index is 1.75. The molecule has 12 heteroatoms. The molecule has 9 nitrogen and oxygen atoms in total. The molecule has 3 rings (SSSR count). The molecular weight excluding hydrogens is 513 g/mol. The van der Waals surface area contributed by atoms with E-state index >= 15 is 0 Å². The number of alkyl halides is 3. The van der Waals surface area contributed by atoms with Crippen molar-refractivity contribution < 1.29 is 27.9 Å². The highest BCUT2D eigenvalue weighted by atomic mass is 19.4. The number of aromatic hydroxyl groups is 1. The van der Waals surface area contributed by atoms with E-state index < -0.39 is 36.0 Å². The molecule has 0 aliphatic carbocycles. The van der Waals surface area contributed by atoms with Gasteiger partial charge in [-0.05, 0) is 62.0 Å². The second-order valence-corrected chi connectivity index (χ2v) is 9.56. The number of carbonyl (C=O) groups is 2. The summed E-state index contributed by atoms with van der Waals surface area (Å²) < 4.78 is 39.7. The summed E-state index contributed by atoms with van der Waals surface area (Å²) in [6.07, 6.45) is -3.83. The smallest absolute Gasteiger partial charge is 0.391 e. The van der Waals surface area contributed by atoms with Gasteiger partial charge in [0.2, 0.25) is 11.8 Å². The number of carbonyl (C=O) groups excluding carboxylic acids is 2. The number of nitrogens with zero attached hydrogens (tertiary/aromatic N) is 2. The fourth-order valence-electron chi connectivity index (χ4n) is 4.60. The molecule has 2 aromatic carbocycles. The summed E-state index contributed by atoms with van der Waals surface area (Å²) in [5, 5.41) is 15.1. The van der Waals surface area contributed by atoms with Gasteiger partial charge in [0.15, 0.2) is 5.96 Å². The molecule has 0 bridgehead atoms. The first-order chi connectivity index (χ1) is 18.5. The summed E-state index contributed by atoms with van der Waals surface area (Å²) in [7, 11) is 0. The maximum Gasteiger partial charge on any atom is 0.391 e. The normalized spacial score (nSPS) is 16.2. The van der Waals surface area contributed by atoms with Crippen LogP contribution < -0.4 is 22.1 Å². The van der Waals surface area contributed by atoms with E-state index in [1.807, 2.05) is 0 Å². The van der Waals surface area contributed by atoms with E-state index in [1.54, 1.807) is 47.4 Å². The first kappa shape index (κ1) is 29.8. The molecule has 0 spiro atoms. The number of likely N-dealkylation sites (tertiary alicyclic amines) is 1. The molecule has 1 heterocycles. The molecular formula is C27H35F3N6O3. The topological polar surface area (TPSA) is 146 Å². The fraction of sp³-hybridized carbons (Fsp3) is 0.444. The van der Waals surface area contributed by atoms with Crippen molar-refractivity contribution in [1.29, 1.82) is 0 Å². The minimum absolute atomic E-state index is 0.0845. The van der Waals surface area contributed by atoms with Gasteiger partial charge in [-0.25, -0.2) is 0 Å². The Morgan fingerprint density at radius 3 is 2.26 bits per heavy atom. The number of aliphatic imine (C=N–C) groups is 1. The molecule has 1 fully saturated rings. The van der Waals surface area contributed by atoms with Crippen LogP contribution in [0.2, 0.25) is 0 Å². The Labute approximate surface area is 225 Å². The predicted molar refractivity (Wildman–Crippen MR) is 141 cm³/mol. The van der Waals surface area contributed by atoms with Crippen LogP contribution in [0.25, 0.3) is 0 Å². The third kappa shape index (κ3) is 9.17. The third-order valence-corrected chi connectivity index (χ3v) is 6.70. The number of piperidine rings is 1. The second-order valence-electron chi connectivity index (χ2n) is 9.56. The van der Waals surface area contributed by atoms with Crippen molar-refractivity contribution in [3.63, 3.8) is 0 Å². The van der Waals surface area contributed by atoms with Crippen molar-refractivity contribution >= 4 is 17.8 Å². The van der Waals surface area contributed by atoms with Crippen LogP contribution in [0.4, 0.5) is 13.2 Å². The number of phenols is 1. The highest BCUT2D eigenvalue weighted by Gasteiger charge is 2.43. The summed E-state index contributed by atoms with van der Waals surface area (Å²) in [6, 6.07) is 13.4. The molecule has 0 saturated carbocycles. The molecule has 1 unspecified atom stereocenters. The van der Waals surface area contributed by atoms with Crippen molar-refractivity contribution in [2.75, 3.05) is 19.6 Å². The molecule has 2 atom stereocenters. The van der Waals surface area contributed by atoms with Crippen LogP contribution in [0.1, 0.15) is 42.9 Å². The summed E-state index contributed by atoms with van der Waals surface area (Å²) in [5.74, 6) is -2.29. The first-order valence-electron chi connectivity index (χ1n) is 12.8. The summed E-state index contributed by atoms with van der Waals surface area (Å²) >= 11 is 0. The van der Waals surface area contributed by atoms with E-state index in [1.165, 1.54) is 12.1 Å². The zero-order valence-corrected chi connectivity index (χ0v) is 21.5. The molecule has 1 saturated heterocycles. The molecule has 212 valence electrons. The monoisotopic (exact) mass is 548 g/mol. The van der Waals surface area contributed by atoms with E-state index in [4.69, 9.17) is 11.5 Å². The molecule has 1 aliphatic heterocycles. The van der Waals surface area contributed by atoms with Gasteiger partial charge in [-0.2, -0.15) is 13.2 Å². The van der Waals surface area contributed by atoms with E-state index in [9.17, 15) is 27.9 Å². The van der Waals surface area contributed by atoms with Gasteiger partial charge in [-0.15, -0.1) is 0 Å². The molecule has 2 amide bonds. The standard InChI is InChI=1S/C27H35F3N6O3/c28-27(29,30)20-12-15-36(16-13-20)23(19-5-2-1-3-6-19)25(39)35-22(7-4-14-33-26(31)32)24(38)34-17-18-8-10-21(37)11-9-18/h1-3,5-6,8-11,20,22-23,37H,4,7,12-17H2,(H,34,38)(H,35,39)(H4,31,32,33)/t22-,23?/m1/s1.